The van der Waals surface area contributed by atoms with Crippen molar-refractivity contribution in [1.82, 2.24) is 9.88 Å². The van der Waals surface area contributed by atoms with Crippen LogP contribution in [0.2, 0.25) is 0 Å². The number of amides is 1. The molecule has 0 bridgehead atoms. The molecule has 3 N–H and O–H groups in total. The Morgan fingerprint density at radius 3 is 3.09 bits per heavy atom. The molecule has 1 saturated heterocycles. The summed E-state index contributed by atoms with van der Waals surface area (Å²) in [6, 6.07) is 7.17. The molecule has 1 fully saturated rings. The van der Waals surface area contributed by atoms with E-state index in [1.54, 1.807) is 0 Å². The summed E-state index contributed by atoms with van der Waals surface area (Å²) in [7, 11) is 0. The number of piperidine rings is 1. The molecule has 1 aliphatic carbocycles. The lowest BCUT2D eigenvalue weighted by molar-refractivity contribution is -0.119. The van der Waals surface area contributed by atoms with Gasteiger partial charge in [-0.05, 0) is 48.9 Å². The lowest BCUT2D eigenvalue weighted by Crippen LogP contribution is -2.50. The summed E-state index contributed by atoms with van der Waals surface area (Å²) in [6.07, 6.45) is 6.04. The lowest BCUT2D eigenvalue weighted by atomic mass is 9.71. The van der Waals surface area contributed by atoms with Crippen LogP contribution in [-0.4, -0.2) is 34.9 Å². The normalized spacial score (nSPS) is 27.1. The van der Waals surface area contributed by atoms with Crippen molar-refractivity contribution in [3.05, 3.63) is 35.5 Å². The molecule has 1 aliphatic heterocycles. The van der Waals surface area contributed by atoms with Crippen LogP contribution in [0.25, 0.3) is 10.9 Å². The molecule has 122 valence electrons. The smallest absolute Gasteiger partial charge is 0.217 e. The highest BCUT2D eigenvalue weighted by Crippen LogP contribution is 2.45. The van der Waals surface area contributed by atoms with Crippen LogP contribution in [-0.2, 0) is 11.2 Å². The van der Waals surface area contributed by atoms with Crippen LogP contribution in [0, 0.1) is 5.92 Å². The van der Waals surface area contributed by atoms with Crippen LogP contribution in [0.3, 0.4) is 0 Å². The molecule has 0 unspecified atom stereocenters. The zero-order valence-electron chi connectivity index (χ0n) is 13.7. The molecule has 0 spiro atoms. The minimum Gasteiger partial charge on any atom is -0.370 e. The molecular weight excluding hydrogens is 286 g/mol. The first-order valence-corrected chi connectivity index (χ1v) is 8.78. The number of rotatable bonds is 4. The van der Waals surface area contributed by atoms with E-state index in [9.17, 15) is 4.79 Å². The van der Waals surface area contributed by atoms with Crippen LogP contribution < -0.4 is 5.73 Å². The van der Waals surface area contributed by atoms with E-state index >= 15 is 0 Å². The Bertz CT molecular complexity index is 735. The van der Waals surface area contributed by atoms with E-state index in [0.29, 0.717) is 24.3 Å². The van der Waals surface area contributed by atoms with Crippen LogP contribution in [0.1, 0.15) is 43.2 Å². The van der Waals surface area contributed by atoms with Gasteiger partial charge in [0.15, 0.2) is 0 Å². The molecule has 1 amide bonds. The third kappa shape index (κ3) is 2.45. The maximum atomic E-state index is 11.4. The summed E-state index contributed by atoms with van der Waals surface area (Å²) in [6.45, 7) is 4.35. The average molecular weight is 311 g/mol. The van der Waals surface area contributed by atoms with Crippen molar-refractivity contribution in [1.29, 1.82) is 0 Å². The van der Waals surface area contributed by atoms with Crippen molar-refractivity contribution >= 4 is 16.8 Å². The first-order valence-electron chi connectivity index (χ1n) is 8.78. The number of likely N-dealkylation sites (tertiary alicyclic amines) is 1. The molecule has 4 rings (SSSR count). The second-order valence-electron chi connectivity index (χ2n) is 7.23. The molecule has 0 saturated carbocycles. The van der Waals surface area contributed by atoms with Crippen LogP contribution in [0.5, 0.6) is 0 Å². The summed E-state index contributed by atoms with van der Waals surface area (Å²) >= 11 is 0. The van der Waals surface area contributed by atoms with E-state index < -0.39 is 0 Å². The second-order valence-corrected chi connectivity index (χ2v) is 7.23. The zero-order valence-corrected chi connectivity index (χ0v) is 13.7. The highest BCUT2D eigenvalue weighted by Gasteiger charge is 2.40. The summed E-state index contributed by atoms with van der Waals surface area (Å²) in [5.74, 6) is 0.740. The molecule has 2 aromatic rings. The number of hydrogen-bond acceptors (Lipinski definition) is 2. The fourth-order valence-electron chi connectivity index (χ4n) is 4.88. The van der Waals surface area contributed by atoms with E-state index in [1.807, 2.05) is 0 Å². The Morgan fingerprint density at radius 2 is 2.30 bits per heavy atom. The molecule has 2 heterocycles. The molecule has 4 heteroatoms. The van der Waals surface area contributed by atoms with Gasteiger partial charge in [-0.3, -0.25) is 9.69 Å². The minimum atomic E-state index is -0.166. The highest BCUT2D eigenvalue weighted by atomic mass is 16.1. The van der Waals surface area contributed by atoms with E-state index in [-0.39, 0.29) is 5.91 Å². The van der Waals surface area contributed by atoms with Crippen LogP contribution in [0.15, 0.2) is 24.4 Å². The number of nitrogens with one attached hydrogen (secondary N) is 1. The predicted octanol–water partition coefficient (Wildman–Crippen LogP) is 2.78. The highest BCUT2D eigenvalue weighted by molar-refractivity contribution is 5.88. The summed E-state index contributed by atoms with van der Waals surface area (Å²) in [5, 5.41) is 1.42. The van der Waals surface area contributed by atoms with E-state index in [4.69, 9.17) is 5.73 Å². The number of nitrogens with two attached hydrogens (primary N) is 1. The predicted molar refractivity (Wildman–Crippen MR) is 92.3 cm³/mol. The zero-order chi connectivity index (χ0) is 16.0. The molecule has 1 aromatic carbocycles. The Hall–Kier alpha value is -1.81. The summed E-state index contributed by atoms with van der Waals surface area (Å²) < 4.78 is 0. The van der Waals surface area contributed by atoms with Gasteiger partial charge in [-0.15, -0.1) is 0 Å². The topological polar surface area (TPSA) is 62.1 Å². The fourth-order valence-corrected chi connectivity index (χ4v) is 4.88. The number of carbonyl (C=O) groups excluding carboxylic acids is 1. The first-order chi connectivity index (χ1) is 11.2. The number of carbonyl (C=O) groups is 1. The van der Waals surface area contributed by atoms with Crippen LogP contribution in [0.4, 0.5) is 0 Å². The first kappa shape index (κ1) is 14.8. The molecule has 2 aliphatic rings. The summed E-state index contributed by atoms with van der Waals surface area (Å²) in [5.41, 5.74) is 9.64. The number of hydrogen-bond donors (Lipinski definition) is 2. The average Bonchev–Trinajstić information content (AvgIpc) is 2.93. The molecule has 23 heavy (non-hydrogen) atoms. The van der Waals surface area contributed by atoms with Gasteiger partial charge in [0.1, 0.15) is 0 Å². The minimum absolute atomic E-state index is 0.166. The number of H-pyrrole nitrogens is 1. The van der Waals surface area contributed by atoms with Gasteiger partial charge >= 0.3 is 0 Å². The van der Waals surface area contributed by atoms with Gasteiger partial charge in [-0.25, -0.2) is 0 Å². The van der Waals surface area contributed by atoms with Crippen molar-refractivity contribution in [2.45, 2.75) is 44.6 Å². The Labute approximate surface area is 137 Å². The number of aromatic amines is 1. The van der Waals surface area contributed by atoms with E-state index in [1.165, 1.54) is 22.0 Å². The van der Waals surface area contributed by atoms with Crippen LogP contribution >= 0.6 is 0 Å². The Kier molecular flexibility index (Phi) is 3.64. The maximum absolute atomic E-state index is 11.4. The molecule has 1 aromatic heterocycles. The second kappa shape index (κ2) is 5.68. The van der Waals surface area contributed by atoms with E-state index in [0.717, 1.165) is 32.4 Å². The number of aromatic nitrogens is 1. The summed E-state index contributed by atoms with van der Waals surface area (Å²) in [4.78, 5) is 17.5. The Balaban J connectivity index is 1.74. The molecule has 0 radical (unpaired) electrons. The third-order valence-corrected chi connectivity index (χ3v) is 5.66. The molecule has 3 atom stereocenters. The monoisotopic (exact) mass is 311 g/mol. The van der Waals surface area contributed by atoms with Gasteiger partial charge in [0.2, 0.25) is 5.91 Å². The number of benzene rings is 1. The lowest BCUT2D eigenvalue weighted by Gasteiger charge is -2.47. The maximum Gasteiger partial charge on any atom is 0.217 e. The van der Waals surface area contributed by atoms with Gasteiger partial charge in [0.25, 0.3) is 0 Å². The quantitative estimate of drug-likeness (QED) is 0.912. The van der Waals surface area contributed by atoms with Gasteiger partial charge in [0, 0.05) is 42.0 Å². The Morgan fingerprint density at radius 1 is 1.43 bits per heavy atom. The van der Waals surface area contributed by atoms with Crippen molar-refractivity contribution in [2.24, 2.45) is 11.7 Å². The molecule has 4 nitrogen and oxygen atoms in total. The number of nitrogens with zero attached hydrogens (tertiary/aromatic N) is 1. The standard InChI is InChI=1S/C19H25N3O/c1-2-6-22-11-12(8-18(20)23)7-15-14-4-3-5-16-19(14)13(10-21-16)9-17(15)22/h3-5,10,12,15,17,21H,2,6-9,11H2,1H3,(H2,20,23)/t12-,15+,17+/m0/s1. The fraction of sp³-hybridized carbons (Fsp3) is 0.526. The largest absolute Gasteiger partial charge is 0.370 e. The van der Waals surface area contributed by atoms with Crippen molar-refractivity contribution in [2.75, 3.05) is 13.1 Å². The van der Waals surface area contributed by atoms with Gasteiger partial charge in [-0.2, -0.15) is 0 Å². The SMILES string of the molecule is CCCN1C[C@H](CC(N)=O)C[C@@H]2c3cccc4[nH]cc(c34)C[C@H]21. The van der Waals surface area contributed by atoms with Crippen molar-refractivity contribution in [3.63, 3.8) is 0 Å². The number of primary amides is 1. The van der Waals surface area contributed by atoms with Gasteiger partial charge in [-0.1, -0.05) is 19.1 Å². The number of fused-ring (bicyclic) bond motifs is 2. The van der Waals surface area contributed by atoms with Crippen molar-refractivity contribution < 1.29 is 4.79 Å². The van der Waals surface area contributed by atoms with Crippen molar-refractivity contribution in [3.8, 4) is 0 Å². The molecular formula is C19H25N3O. The third-order valence-electron chi connectivity index (χ3n) is 5.66. The van der Waals surface area contributed by atoms with Gasteiger partial charge in [0.05, 0.1) is 0 Å². The van der Waals surface area contributed by atoms with E-state index in [2.05, 4.69) is 41.2 Å². The van der Waals surface area contributed by atoms with Gasteiger partial charge < -0.3 is 10.7 Å².